The van der Waals surface area contributed by atoms with Gasteiger partial charge in [0.2, 0.25) is 5.88 Å². The molecule has 1 aromatic carbocycles. The standard InChI is InChI=1S/C17H16N2O/c1-12-8-13(11-18)9-17(19-12)20-16-7-6-14-4-2-3-5-15(14)10-16/h6-10H,2-5H2,1H3. The zero-order valence-corrected chi connectivity index (χ0v) is 11.5. The molecule has 0 saturated heterocycles. The SMILES string of the molecule is Cc1cc(C#N)cc(Oc2ccc3c(c2)CCCC3)n1. The van der Waals surface area contributed by atoms with Crippen molar-refractivity contribution in [3.05, 3.63) is 52.7 Å². The van der Waals surface area contributed by atoms with Crippen LogP contribution in [0.2, 0.25) is 0 Å². The largest absolute Gasteiger partial charge is 0.439 e. The minimum absolute atomic E-state index is 0.484. The van der Waals surface area contributed by atoms with Crippen molar-refractivity contribution in [1.82, 2.24) is 4.98 Å². The predicted octanol–water partition coefficient (Wildman–Crippen LogP) is 3.93. The summed E-state index contributed by atoms with van der Waals surface area (Å²) in [6, 6.07) is 11.8. The fourth-order valence-electron chi connectivity index (χ4n) is 2.65. The Morgan fingerprint density at radius 2 is 1.90 bits per heavy atom. The molecule has 0 saturated carbocycles. The van der Waals surface area contributed by atoms with E-state index in [4.69, 9.17) is 10.00 Å². The third-order valence-corrected chi connectivity index (χ3v) is 3.60. The molecule has 1 heterocycles. The smallest absolute Gasteiger partial charge is 0.220 e. The number of pyridine rings is 1. The number of rotatable bonds is 2. The van der Waals surface area contributed by atoms with E-state index in [9.17, 15) is 0 Å². The van der Waals surface area contributed by atoms with Crippen molar-refractivity contribution in [2.24, 2.45) is 0 Å². The molecule has 0 fully saturated rings. The molecular formula is C17H16N2O. The lowest BCUT2D eigenvalue weighted by Gasteiger charge is -2.16. The number of aryl methyl sites for hydroxylation is 3. The summed E-state index contributed by atoms with van der Waals surface area (Å²) in [6.45, 7) is 1.86. The molecule has 3 heteroatoms. The second kappa shape index (κ2) is 5.34. The maximum atomic E-state index is 8.98. The van der Waals surface area contributed by atoms with Crippen molar-refractivity contribution in [3.8, 4) is 17.7 Å². The first kappa shape index (κ1) is 12.7. The molecule has 0 bridgehead atoms. The molecule has 0 unspecified atom stereocenters. The summed E-state index contributed by atoms with van der Waals surface area (Å²) in [7, 11) is 0. The molecule has 3 rings (SSSR count). The Morgan fingerprint density at radius 1 is 1.10 bits per heavy atom. The van der Waals surface area contributed by atoms with Gasteiger partial charge in [-0.15, -0.1) is 0 Å². The van der Waals surface area contributed by atoms with Crippen LogP contribution in [0.25, 0.3) is 0 Å². The van der Waals surface area contributed by atoms with E-state index in [1.54, 1.807) is 12.1 Å². The zero-order chi connectivity index (χ0) is 13.9. The Morgan fingerprint density at radius 3 is 2.70 bits per heavy atom. The molecule has 3 nitrogen and oxygen atoms in total. The quantitative estimate of drug-likeness (QED) is 0.825. The summed E-state index contributed by atoms with van der Waals surface area (Å²) in [5.74, 6) is 1.28. The maximum absolute atomic E-state index is 8.98. The molecule has 1 aliphatic rings. The number of aromatic nitrogens is 1. The third-order valence-electron chi connectivity index (χ3n) is 3.60. The van der Waals surface area contributed by atoms with Crippen molar-refractivity contribution in [2.75, 3.05) is 0 Å². The van der Waals surface area contributed by atoms with Gasteiger partial charge in [0.25, 0.3) is 0 Å². The Labute approximate surface area is 118 Å². The van der Waals surface area contributed by atoms with Gasteiger partial charge in [0.1, 0.15) is 5.75 Å². The predicted molar refractivity (Wildman–Crippen MR) is 76.8 cm³/mol. The average molecular weight is 264 g/mol. The molecule has 2 aromatic rings. The van der Waals surface area contributed by atoms with Crippen molar-refractivity contribution < 1.29 is 4.74 Å². The summed E-state index contributed by atoms with van der Waals surface area (Å²) >= 11 is 0. The first-order valence-electron chi connectivity index (χ1n) is 6.93. The second-order valence-electron chi connectivity index (χ2n) is 5.19. The fourth-order valence-corrected chi connectivity index (χ4v) is 2.65. The molecule has 0 amide bonds. The van der Waals surface area contributed by atoms with Gasteiger partial charge in [-0.05, 0) is 61.9 Å². The molecular weight excluding hydrogens is 248 g/mol. The molecule has 0 radical (unpaired) electrons. The van der Waals surface area contributed by atoms with Crippen LogP contribution in [0.15, 0.2) is 30.3 Å². The number of hydrogen-bond acceptors (Lipinski definition) is 3. The highest BCUT2D eigenvalue weighted by atomic mass is 16.5. The number of ether oxygens (including phenoxy) is 1. The van der Waals surface area contributed by atoms with Crippen molar-refractivity contribution >= 4 is 0 Å². The van der Waals surface area contributed by atoms with E-state index >= 15 is 0 Å². The molecule has 0 spiro atoms. The molecule has 0 atom stereocenters. The number of nitriles is 1. The van der Waals surface area contributed by atoms with Gasteiger partial charge in [-0.1, -0.05) is 6.07 Å². The minimum Gasteiger partial charge on any atom is -0.439 e. The third kappa shape index (κ3) is 2.65. The Hall–Kier alpha value is -2.34. The van der Waals surface area contributed by atoms with Crippen molar-refractivity contribution in [1.29, 1.82) is 5.26 Å². The van der Waals surface area contributed by atoms with Gasteiger partial charge in [-0.3, -0.25) is 0 Å². The lowest BCUT2D eigenvalue weighted by Crippen LogP contribution is -2.02. The summed E-state index contributed by atoms with van der Waals surface area (Å²) in [5.41, 5.74) is 4.17. The highest BCUT2D eigenvalue weighted by Gasteiger charge is 2.10. The van der Waals surface area contributed by atoms with Gasteiger partial charge in [0.15, 0.2) is 0 Å². The molecule has 20 heavy (non-hydrogen) atoms. The highest BCUT2D eigenvalue weighted by Crippen LogP contribution is 2.28. The van der Waals surface area contributed by atoms with E-state index in [0.717, 1.165) is 24.3 Å². The summed E-state index contributed by atoms with van der Waals surface area (Å²) in [5, 5.41) is 8.98. The molecule has 0 N–H and O–H groups in total. The van der Waals surface area contributed by atoms with Gasteiger partial charge < -0.3 is 4.74 Å². The number of benzene rings is 1. The van der Waals surface area contributed by atoms with Crippen LogP contribution in [-0.4, -0.2) is 4.98 Å². The first-order chi connectivity index (χ1) is 9.74. The van der Waals surface area contributed by atoms with Crippen molar-refractivity contribution in [2.45, 2.75) is 32.6 Å². The lowest BCUT2D eigenvalue weighted by atomic mass is 9.92. The van der Waals surface area contributed by atoms with E-state index in [1.807, 2.05) is 13.0 Å². The molecule has 1 aromatic heterocycles. The zero-order valence-electron chi connectivity index (χ0n) is 11.5. The van der Waals surface area contributed by atoms with Gasteiger partial charge in [-0.2, -0.15) is 5.26 Å². The van der Waals surface area contributed by atoms with Crippen LogP contribution < -0.4 is 4.74 Å². The van der Waals surface area contributed by atoms with E-state index in [-0.39, 0.29) is 0 Å². The lowest BCUT2D eigenvalue weighted by molar-refractivity contribution is 0.460. The average Bonchev–Trinajstić information content (AvgIpc) is 2.46. The first-order valence-corrected chi connectivity index (χ1v) is 6.93. The molecule has 1 aliphatic carbocycles. The summed E-state index contributed by atoms with van der Waals surface area (Å²) < 4.78 is 5.81. The van der Waals surface area contributed by atoms with Crippen molar-refractivity contribution in [3.63, 3.8) is 0 Å². The number of fused-ring (bicyclic) bond motifs is 1. The molecule has 0 aliphatic heterocycles. The van der Waals surface area contributed by atoms with E-state index in [1.165, 1.54) is 24.0 Å². The van der Waals surface area contributed by atoms with Crippen LogP contribution in [0.4, 0.5) is 0 Å². The van der Waals surface area contributed by atoms with Gasteiger partial charge in [0, 0.05) is 11.8 Å². The second-order valence-corrected chi connectivity index (χ2v) is 5.19. The van der Waals surface area contributed by atoms with E-state index in [0.29, 0.717) is 11.4 Å². The normalized spacial score (nSPS) is 13.4. The topological polar surface area (TPSA) is 45.9 Å². The Kier molecular flexibility index (Phi) is 3.39. The maximum Gasteiger partial charge on any atom is 0.220 e. The monoisotopic (exact) mass is 264 g/mol. The Balaban J connectivity index is 1.88. The highest BCUT2D eigenvalue weighted by molar-refractivity contribution is 5.40. The van der Waals surface area contributed by atoms with Crippen LogP contribution in [0.3, 0.4) is 0 Å². The molecule has 100 valence electrons. The van der Waals surface area contributed by atoms with E-state index in [2.05, 4.69) is 23.2 Å². The number of nitrogens with zero attached hydrogens (tertiary/aromatic N) is 2. The minimum atomic E-state index is 0.484. The van der Waals surface area contributed by atoms with Crippen LogP contribution in [-0.2, 0) is 12.8 Å². The van der Waals surface area contributed by atoms with Gasteiger partial charge in [-0.25, -0.2) is 4.98 Å². The summed E-state index contributed by atoms with van der Waals surface area (Å²) in [6.07, 6.45) is 4.81. The van der Waals surface area contributed by atoms with Gasteiger partial charge in [0.05, 0.1) is 11.6 Å². The fraction of sp³-hybridized carbons (Fsp3) is 0.294. The Bertz CT molecular complexity index is 686. The van der Waals surface area contributed by atoms with Gasteiger partial charge >= 0.3 is 0 Å². The van der Waals surface area contributed by atoms with Crippen LogP contribution in [0.1, 0.15) is 35.2 Å². The van der Waals surface area contributed by atoms with Crippen LogP contribution in [0.5, 0.6) is 11.6 Å². The number of hydrogen-bond donors (Lipinski definition) is 0. The van der Waals surface area contributed by atoms with E-state index < -0.39 is 0 Å². The van der Waals surface area contributed by atoms with Crippen LogP contribution in [0, 0.1) is 18.3 Å². The summed E-state index contributed by atoms with van der Waals surface area (Å²) in [4.78, 5) is 4.32. The van der Waals surface area contributed by atoms with Crippen LogP contribution >= 0.6 is 0 Å².